The van der Waals surface area contributed by atoms with E-state index in [1.54, 1.807) is 12.1 Å². The van der Waals surface area contributed by atoms with E-state index >= 15 is 0 Å². The molecule has 13 heavy (non-hydrogen) atoms. The summed E-state index contributed by atoms with van der Waals surface area (Å²) in [7, 11) is 0. The van der Waals surface area contributed by atoms with Crippen LogP contribution in [-0.4, -0.2) is 0 Å². The maximum atomic E-state index is 12.9. The Morgan fingerprint density at radius 1 is 0.923 bits per heavy atom. The van der Waals surface area contributed by atoms with Gasteiger partial charge in [0.25, 0.3) is 0 Å². The molecule has 3 heteroatoms. The van der Waals surface area contributed by atoms with E-state index < -0.39 is 0 Å². The molecular weight excluding hydrogens is 167 g/mol. The molecule has 2 aromatic carbocycles. The van der Waals surface area contributed by atoms with Crippen LogP contribution in [0.4, 0.5) is 15.8 Å². The molecule has 0 aliphatic heterocycles. The summed E-state index contributed by atoms with van der Waals surface area (Å²) < 4.78 is 12.9. The third-order valence-electron chi connectivity index (χ3n) is 2.03. The Kier molecular flexibility index (Phi) is 1.59. The SMILES string of the molecule is Nc1cc(F)cc2c(N)cccc12. The van der Waals surface area contributed by atoms with E-state index in [1.165, 1.54) is 12.1 Å². The van der Waals surface area contributed by atoms with Crippen LogP contribution in [0.3, 0.4) is 0 Å². The minimum Gasteiger partial charge on any atom is -0.398 e. The van der Waals surface area contributed by atoms with E-state index in [9.17, 15) is 4.39 Å². The Morgan fingerprint density at radius 3 is 2.46 bits per heavy atom. The lowest BCUT2D eigenvalue weighted by Gasteiger charge is -2.04. The smallest absolute Gasteiger partial charge is 0.125 e. The molecular formula is C10H9FN2. The van der Waals surface area contributed by atoms with Gasteiger partial charge in [-0.05, 0) is 18.2 Å². The van der Waals surface area contributed by atoms with Gasteiger partial charge in [-0.25, -0.2) is 4.39 Å². The van der Waals surface area contributed by atoms with Gasteiger partial charge in [0.1, 0.15) is 5.82 Å². The van der Waals surface area contributed by atoms with E-state index in [0.717, 1.165) is 5.39 Å². The first-order valence-electron chi connectivity index (χ1n) is 3.92. The van der Waals surface area contributed by atoms with Gasteiger partial charge in [-0.2, -0.15) is 0 Å². The Balaban J connectivity index is 2.94. The number of benzene rings is 2. The van der Waals surface area contributed by atoms with Crippen molar-refractivity contribution < 1.29 is 4.39 Å². The van der Waals surface area contributed by atoms with Crippen molar-refractivity contribution in [3.8, 4) is 0 Å². The summed E-state index contributed by atoms with van der Waals surface area (Å²) in [5.41, 5.74) is 12.3. The highest BCUT2D eigenvalue weighted by atomic mass is 19.1. The molecule has 0 aliphatic carbocycles. The normalized spacial score (nSPS) is 10.5. The number of nitrogens with two attached hydrogens (primary N) is 2. The van der Waals surface area contributed by atoms with Crippen LogP contribution in [0, 0.1) is 5.82 Å². The van der Waals surface area contributed by atoms with E-state index in [-0.39, 0.29) is 5.82 Å². The van der Waals surface area contributed by atoms with Crippen LogP contribution in [0.25, 0.3) is 10.8 Å². The summed E-state index contributed by atoms with van der Waals surface area (Å²) in [5, 5.41) is 1.46. The van der Waals surface area contributed by atoms with Crippen LogP contribution in [0.15, 0.2) is 30.3 Å². The number of rotatable bonds is 0. The first kappa shape index (κ1) is 7.86. The molecule has 66 valence electrons. The van der Waals surface area contributed by atoms with Crippen molar-refractivity contribution in [1.29, 1.82) is 0 Å². The molecule has 4 N–H and O–H groups in total. The van der Waals surface area contributed by atoms with E-state index in [1.807, 2.05) is 6.07 Å². The zero-order chi connectivity index (χ0) is 9.42. The Hall–Kier alpha value is -1.77. The van der Waals surface area contributed by atoms with Crippen molar-refractivity contribution in [2.75, 3.05) is 11.5 Å². The lowest BCUT2D eigenvalue weighted by atomic mass is 10.1. The summed E-state index contributed by atoms with van der Waals surface area (Å²) in [6.45, 7) is 0. The quantitative estimate of drug-likeness (QED) is 0.604. The van der Waals surface area contributed by atoms with Crippen LogP contribution in [0.1, 0.15) is 0 Å². The standard InChI is InChI=1S/C10H9FN2/c11-6-4-8-7(10(13)5-6)2-1-3-9(8)12/h1-5H,12-13H2. The zero-order valence-electron chi connectivity index (χ0n) is 6.92. The molecule has 0 heterocycles. The van der Waals surface area contributed by atoms with Crippen LogP contribution in [0.2, 0.25) is 0 Å². The number of fused-ring (bicyclic) bond motifs is 1. The van der Waals surface area contributed by atoms with Gasteiger partial charge in [-0.1, -0.05) is 12.1 Å². The summed E-state index contributed by atoms with van der Waals surface area (Å²) in [6.07, 6.45) is 0. The Morgan fingerprint density at radius 2 is 1.69 bits per heavy atom. The topological polar surface area (TPSA) is 52.0 Å². The maximum absolute atomic E-state index is 12.9. The predicted octanol–water partition coefficient (Wildman–Crippen LogP) is 2.14. The van der Waals surface area contributed by atoms with Gasteiger partial charge in [-0.15, -0.1) is 0 Å². The lowest BCUT2D eigenvalue weighted by Crippen LogP contribution is -1.92. The molecule has 0 spiro atoms. The van der Waals surface area contributed by atoms with E-state index in [4.69, 9.17) is 11.5 Å². The highest BCUT2D eigenvalue weighted by molar-refractivity contribution is 5.99. The second kappa shape index (κ2) is 2.62. The number of nitrogen functional groups attached to an aromatic ring is 2. The van der Waals surface area contributed by atoms with E-state index in [0.29, 0.717) is 16.8 Å². The molecule has 2 nitrogen and oxygen atoms in total. The van der Waals surface area contributed by atoms with Gasteiger partial charge in [-0.3, -0.25) is 0 Å². The van der Waals surface area contributed by atoms with E-state index in [2.05, 4.69) is 0 Å². The molecule has 0 fully saturated rings. The Labute approximate surface area is 75.0 Å². The molecule has 0 bridgehead atoms. The first-order chi connectivity index (χ1) is 6.18. The molecule has 0 aliphatic rings. The average Bonchev–Trinajstić information content (AvgIpc) is 2.07. The summed E-state index contributed by atoms with van der Waals surface area (Å²) >= 11 is 0. The van der Waals surface area contributed by atoms with Crippen molar-refractivity contribution in [3.05, 3.63) is 36.1 Å². The molecule has 0 aromatic heterocycles. The van der Waals surface area contributed by atoms with Gasteiger partial charge in [0.05, 0.1) is 0 Å². The molecule has 2 rings (SSSR count). The highest BCUT2D eigenvalue weighted by Crippen LogP contribution is 2.26. The van der Waals surface area contributed by atoms with Crippen LogP contribution < -0.4 is 11.5 Å². The molecule has 0 saturated heterocycles. The van der Waals surface area contributed by atoms with Crippen molar-refractivity contribution in [3.63, 3.8) is 0 Å². The molecule has 0 atom stereocenters. The number of hydrogen-bond donors (Lipinski definition) is 2. The summed E-state index contributed by atoms with van der Waals surface area (Å²) in [6, 6.07) is 8.02. The monoisotopic (exact) mass is 176 g/mol. The van der Waals surface area contributed by atoms with Gasteiger partial charge in [0.15, 0.2) is 0 Å². The van der Waals surface area contributed by atoms with Crippen LogP contribution in [-0.2, 0) is 0 Å². The fourth-order valence-corrected chi connectivity index (χ4v) is 1.40. The average molecular weight is 176 g/mol. The summed E-state index contributed by atoms with van der Waals surface area (Å²) in [4.78, 5) is 0. The Bertz CT molecular complexity index is 466. The predicted molar refractivity (Wildman–Crippen MR) is 52.7 cm³/mol. The third-order valence-corrected chi connectivity index (χ3v) is 2.03. The number of anilines is 2. The van der Waals surface area contributed by atoms with Gasteiger partial charge in [0.2, 0.25) is 0 Å². The molecule has 0 radical (unpaired) electrons. The first-order valence-corrected chi connectivity index (χ1v) is 3.92. The van der Waals surface area contributed by atoms with Crippen molar-refractivity contribution in [2.45, 2.75) is 0 Å². The maximum Gasteiger partial charge on any atom is 0.125 e. The third kappa shape index (κ3) is 1.18. The van der Waals surface area contributed by atoms with Crippen molar-refractivity contribution in [1.82, 2.24) is 0 Å². The minimum atomic E-state index is -0.358. The molecule has 0 unspecified atom stereocenters. The molecule has 2 aromatic rings. The largest absolute Gasteiger partial charge is 0.398 e. The van der Waals surface area contributed by atoms with Crippen molar-refractivity contribution >= 4 is 22.1 Å². The van der Waals surface area contributed by atoms with Gasteiger partial charge in [0, 0.05) is 22.1 Å². The van der Waals surface area contributed by atoms with Crippen molar-refractivity contribution in [2.24, 2.45) is 0 Å². The summed E-state index contributed by atoms with van der Waals surface area (Å²) in [5.74, 6) is -0.358. The zero-order valence-corrected chi connectivity index (χ0v) is 6.92. The van der Waals surface area contributed by atoms with Crippen LogP contribution in [0.5, 0.6) is 0 Å². The lowest BCUT2D eigenvalue weighted by molar-refractivity contribution is 0.630. The fourth-order valence-electron chi connectivity index (χ4n) is 1.40. The minimum absolute atomic E-state index is 0.358. The highest BCUT2D eigenvalue weighted by Gasteiger charge is 2.02. The second-order valence-corrected chi connectivity index (χ2v) is 2.94. The van der Waals surface area contributed by atoms with Crippen LogP contribution >= 0.6 is 0 Å². The number of hydrogen-bond acceptors (Lipinski definition) is 2. The van der Waals surface area contributed by atoms with Gasteiger partial charge < -0.3 is 11.5 Å². The second-order valence-electron chi connectivity index (χ2n) is 2.94. The van der Waals surface area contributed by atoms with Gasteiger partial charge >= 0.3 is 0 Å². The molecule has 0 saturated carbocycles. The number of halogens is 1. The molecule has 0 amide bonds. The fraction of sp³-hybridized carbons (Fsp3) is 0.